The van der Waals surface area contributed by atoms with E-state index in [-0.39, 0.29) is 41.7 Å². The first kappa shape index (κ1) is 37.5. The summed E-state index contributed by atoms with van der Waals surface area (Å²) < 4.78 is 37.7. The number of para-hydroxylation sites is 1. The lowest BCUT2D eigenvalue weighted by atomic mass is 9.69. The molecular weight excluding hydrogens is 693 g/mol. The summed E-state index contributed by atoms with van der Waals surface area (Å²) in [6.07, 6.45) is 3.15. The van der Waals surface area contributed by atoms with Gasteiger partial charge < -0.3 is 15.0 Å². The van der Waals surface area contributed by atoms with Crippen LogP contribution in [0.25, 0.3) is 11.0 Å². The van der Waals surface area contributed by atoms with E-state index in [2.05, 4.69) is 25.6 Å². The van der Waals surface area contributed by atoms with E-state index >= 15 is 0 Å². The van der Waals surface area contributed by atoms with Crippen molar-refractivity contribution in [2.45, 2.75) is 78.0 Å². The lowest BCUT2D eigenvalue weighted by Gasteiger charge is -2.35. The molecular formula is C39H46N8O5S. The summed E-state index contributed by atoms with van der Waals surface area (Å²) >= 11 is 0. The van der Waals surface area contributed by atoms with Crippen LogP contribution in [-0.2, 0) is 27.9 Å². The smallest absolute Gasteiger partial charge is 0.291 e. The van der Waals surface area contributed by atoms with Crippen LogP contribution in [0.3, 0.4) is 0 Å². The maximum absolute atomic E-state index is 14.4. The van der Waals surface area contributed by atoms with Crippen molar-refractivity contribution in [1.82, 2.24) is 34.2 Å². The average Bonchev–Trinajstić information content (AvgIpc) is 3.53. The predicted octanol–water partition coefficient (Wildman–Crippen LogP) is 5.72. The molecule has 13 nitrogen and oxygen atoms in total. The van der Waals surface area contributed by atoms with E-state index in [1.165, 1.54) is 21.6 Å². The first-order chi connectivity index (χ1) is 25.2. The van der Waals surface area contributed by atoms with Gasteiger partial charge in [0.1, 0.15) is 22.3 Å². The van der Waals surface area contributed by atoms with Gasteiger partial charge in [0.25, 0.3) is 5.91 Å². The van der Waals surface area contributed by atoms with Crippen LogP contribution in [0.15, 0.2) is 71.9 Å². The topological polar surface area (TPSA) is 153 Å². The van der Waals surface area contributed by atoms with Gasteiger partial charge in [-0.2, -0.15) is 4.31 Å². The molecule has 0 saturated heterocycles. The SMILES string of the molecule is CC[C@@H]1CN(Cc2cc(C(c3ccc4c(nnn4CC)c3C)C(C)(C)C(=O)Nc3cnc(C(=O)N(C)C)nc3)ccc2C)S(=O)(=O)c2ccccc2O1. The maximum Gasteiger partial charge on any atom is 0.291 e. The number of rotatable bonds is 10. The van der Waals surface area contributed by atoms with E-state index in [1.54, 1.807) is 38.4 Å². The lowest BCUT2D eigenvalue weighted by Crippen LogP contribution is -2.38. The third-order valence-corrected chi connectivity index (χ3v) is 11.9. The van der Waals surface area contributed by atoms with Gasteiger partial charge in [-0.15, -0.1) is 5.10 Å². The zero-order valence-corrected chi connectivity index (χ0v) is 32.2. The molecule has 0 aliphatic carbocycles. The fraction of sp³-hybridized carbons (Fsp3) is 0.385. The number of carbonyl (C=O) groups is 2. The highest BCUT2D eigenvalue weighted by molar-refractivity contribution is 7.89. The molecule has 0 bridgehead atoms. The minimum Gasteiger partial charge on any atom is -0.488 e. The van der Waals surface area contributed by atoms with Gasteiger partial charge in [0.2, 0.25) is 21.8 Å². The number of hydrogen-bond donors (Lipinski definition) is 1. The number of carbonyl (C=O) groups excluding carboxylic acids is 2. The molecule has 53 heavy (non-hydrogen) atoms. The number of anilines is 1. The van der Waals surface area contributed by atoms with Crippen LogP contribution >= 0.6 is 0 Å². The Kier molecular flexibility index (Phi) is 10.4. The van der Waals surface area contributed by atoms with Crippen LogP contribution in [-0.4, -0.2) is 81.1 Å². The summed E-state index contributed by atoms with van der Waals surface area (Å²) in [7, 11) is -0.661. The van der Waals surface area contributed by atoms with Crippen molar-refractivity contribution in [3.8, 4) is 5.75 Å². The Labute approximate surface area is 310 Å². The minimum absolute atomic E-state index is 0.0214. The fourth-order valence-electron chi connectivity index (χ4n) is 6.88. The highest BCUT2D eigenvalue weighted by atomic mass is 32.2. The van der Waals surface area contributed by atoms with Gasteiger partial charge in [-0.05, 0) is 73.2 Å². The Balaban J connectivity index is 1.43. The minimum atomic E-state index is -3.89. The van der Waals surface area contributed by atoms with Gasteiger partial charge in [0.15, 0.2) is 0 Å². The summed E-state index contributed by atoms with van der Waals surface area (Å²) in [4.78, 5) is 36.6. The zero-order valence-electron chi connectivity index (χ0n) is 31.4. The van der Waals surface area contributed by atoms with Crippen molar-refractivity contribution in [3.05, 3.63) is 101 Å². The molecule has 6 rings (SSSR count). The second kappa shape index (κ2) is 14.7. The Morgan fingerprint density at radius 3 is 2.43 bits per heavy atom. The number of benzene rings is 3. The number of ether oxygens (including phenoxy) is 1. The van der Waals surface area contributed by atoms with Gasteiger partial charge >= 0.3 is 0 Å². The molecule has 3 heterocycles. The molecule has 2 amide bonds. The van der Waals surface area contributed by atoms with Crippen molar-refractivity contribution in [2.24, 2.45) is 5.41 Å². The lowest BCUT2D eigenvalue weighted by molar-refractivity contribution is -0.124. The van der Waals surface area contributed by atoms with Crippen LogP contribution < -0.4 is 10.1 Å². The molecule has 14 heteroatoms. The van der Waals surface area contributed by atoms with Gasteiger partial charge in [-0.3, -0.25) is 9.59 Å². The fourth-order valence-corrected chi connectivity index (χ4v) is 8.45. The number of nitrogens with one attached hydrogen (secondary N) is 1. The molecule has 0 radical (unpaired) electrons. The number of amides is 2. The standard InChI is InChI=1S/C39H46N8O5S/c1-9-29-23-46(53(50,51)33-14-12-11-13-32(33)52-29)22-27-19-26(16-15-24(27)3)34(30-17-18-31-35(25(30)4)43-44-47(31)10-2)39(5,6)38(49)42-28-20-40-36(41-21-28)37(48)45(7)8/h11-21,29,34H,9-10,22-23H2,1-8H3,(H,42,49)/t29-,34?/m1/s1. The third-order valence-electron chi connectivity index (χ3n) is 10.1. The molecule has 1 unspecified atom stereocenters. The van der Waals surface area contributed by atoms with Crippen LogP contribution in [0, 0.1) is 19.3 Å². The molecule has 2 atom stereocenters. The Bertz CT molecular complexity index is 2290. The molecule has 0 saturated carbocycles. The van der Waals surface area contributed by atoms with Gasteiger partial charge in [0, 0.05) is 33.1 Å². The predicted molar refractivity (Wildman–Crippen MR) is 202 cm³/mol. The van der Waals surface area contributed by atoms with Crippen molar-refractivity contribution in [3.63, 3.8) is 0 Å². The van der Waals surface area contributed by atoms with Crippen molar-refractivity contribution >= 4 is 38.6 Å². The second-order valence-electron chi connectivity index (χ2n) is 14.2. The van der Waals surface area contributed by atoms with E-state index in [4.69, 9.17) is 4.74 Å². The molecule has 3 aromatic carbocycles. The number of hydrogen-bond acceptors (Lipinski definition) is 9. The zero-order chi connectivity index (χ0) is 38.2. The summed E-state index contributed by atoms with van der Waals surface area (Å²) in [5, 5.41) is 11.8. The average molecular weight is 739 g/mol. The maximum atomic E-state index is 14.4. The molecule has 1 aliphatic heterocycles. The summed E-state index contributed by atoms with van der Waals surface area (Å²) in [6, 6.07) is 16.8. The molecule has 2 aromatic heterocycles. The second-order valence-corrected chi connectivity index (χ2v) is 16.1. The first-order valence-corrected chi connectivity index (χ1v) is 19.1. The monoisotopic (exact) mass is 738 g/mol. The van der Waals surface area contributed by atoms with Crippen molar-refractivity contribution in [1.29, 1.82) is 0 Å². The van der Waals surface area contributed by atoms with Gasteiger partial charge in [0.05, 0.1) is 35.6 Å². The van der Waals surface area contributed by atoms with Gasteiger partial charge in [-0.25, -0.2) is 23.1 Å². The Morgan fingerprint density at radius 1 is 1.04 bits per heavy atom. The number of nitrogens with zero attached hydrogens (tertiary/aromatic N) is 7. The Morgan fingerprint density at radius 2 is 1.75 bits per heavy atom. The number of aryl methyl sites for hydroxylation is 3. The van der Waals surface area contributed by atoms with E-state index in [0.717, 1.165) is 38.9 Å². The van der Waals surface area contributed by atoms with E-state index in [9.17, 15) is 18.0 Å². The summed E-state index contributed by atoms with van der Waals surface area (Å²) in [6.45, 7) is 12.7. The summed E-state index contributed by atoms with van der Waals surface area (Å²) in [5.74, 6) is -0.782. The van der Waals surface area contributed by atoms with Crippen molar-refractivity contribution in [2.75, 3.05) is 26.0 Å². The largest absolute Gasteiger partial charge is 0.488 e. The molecule has 278 valence electrons. The molecule has 1 N–H and O–H groups in total. The molecule has 0 fully saturated rings. The van der Waals surface area contributed by atoms with Crippen LogP contribution in [0.4, 0.5) is 5.69 Å². The molecule has 5 aromatic rings. The van der Waals surface area contributed by atoms with E-state index in [0.29, 0.717) is 24.4 Å². The summed E-state index contributed by atoms with van der Waals surface area (Å²) in [5.41, 5.74) is 5.23. The first-order valence-electron chi connectivity index (χ1n) is 17.7. The Hall–Kier alpha value is -5.21. The van der Waals surface area contributed by atoms with Crippen LogP contribution in [0.2, 0.25) is 0 Å². The van der Waals surface area contributed by atoms with Crippen LogP contribution in [0.5, 0.6) is 5.75 Å². The van der Waals surface area contributed by atoms with Crippen molar-refractivity contribution < 1.29 is 22.7 Å². The number of sulfonamides is 1. The molecule has 1 aliphatic rings. The van der Waals surface area contributed by atoms with Crippen LogP contribution in [0.1, 0.15) is 78.5 Å². The quantitative estimate of drug-likeness (QED) is 0.190. The van der Waals surface area contributed by atoms with Gasteiger partial charge in [-0.1, -0.05) is 62.4 Å². The molecule has 0 spiro atoms. The normalized spacial score (nSPS) is 16.3. The highest BCUT2D eigenvalue weighted by Crippen LogP contribution is 2.45. The van der Waals surface area contributed by atoms with E-state index < -0.39 is 21.4 Å². The number of aromatic nitrogens is 5. The number of fused-ring (bicyclic) bond motifs is 2. The van der Waals surface area contributed by atoms with E-state index in [1.807, 2.05) is 76.6 Å². The highest BCUT2D eigenvalue weighted by Gasteiger charge is 2.41. The third kappa shape index (κ3) is 7.12.